The van der Waals surface area contributed by atoms with Crippen LogP contribution >= 0.6 is 0 Å². The van der Waals surface area contributed by atoms with Crippen LogP contribution in [0.5, 0.6) is 0 Å². The fourth-order valence-corrected chi connectivity index (χ4v) is 1.24. The second-order valence-corrected chi connectivity index (χ2v) is 5.27. The minimum atomic E-state index is 0.341. The first kappa shape index (κ1) is 12.0. The van der Waals surface area contributed by atoms with Crippen LogP contribution in [0.2, 0.25) is 0 Å². The summed E-state index contributed by atoms with van der Waals surface area (Å²) in [7, 11) is 0. The van der Waals surface area contributed by atoms with Crippen LogP contribution in [0.25, 0.3) is 0 Å². The second kappa shape index (κ2) is 4.30. The SMILES string of the molecule is [CH2]C(CC)(CC)CCC(C)(C)C. The second-order valence-electron chi connectivity index (χ2n) is 5.27. The first-order chi connectivity index (χ1) is 5.33. The molecule has 0 nitrogen and oxygen atoms in total. The molecule has 0 aromatic rings. The molecule has 0 aliphatic carbocycles. The standard InChI is InChI=1S/C12H25/c1-7-12(6,8-2)10-9-11(3,4)5/h6-10H2,1-5H3. The van der Waals surface area contributed by atoms with Crippen molar-refractivity contribution in [3.8, 4) is 0 Å². The summed E-state index contributed by atoms with van der Waals surface area (Å²) in [6, 6.07) is 0. The van der Waals surface area contributed by atoms with Gasteiger partial charge in [-0.05, 0) is 30.6 Å². The lowest BCUT2D eigenvalue weighted by Gasteiger charge is -2.30. The molecule has 0 aromatic carbocycles. The maximum atomic E-state index is 4.31. The lowest BCUT2D eigenvalue weighted by molar-refractivity contribution is 0.249. The Bertz CT molecular complexity index is 112. The summed E-state index contributed by atoms with van der Waals surface area (Å²) in [5, 5.41) is 0. The maximum absolute atomic E-state index is 4.31. The molecular weight excluding hydrogens is 144 g/mol. The van der Waals surface area contributed by atoms with Gasteiger partial charge in [0.1, 0.15) is 0 Å². The molecule has 0 atom stereocenters. The molecular formula is C12H25. The zero-order valence-electron chi connectivity index (χ0n) is 9.54. The Balaban J connectivity index is 3.89. The Kier molecular flexibility index (Phi) is 4.30. The summed E-state index contributed by atoms with van der Waals surface area (Å²) < 4.78 is 0. The van der Waals surface area contributed by atoms with Crippen molar-refractivity contribution >= 4 is 0 Å². The molecule has 0 saturated heterocycles. The number of hydrogen-bond donors (Lipinski definition) is 0. The van der Waals surface area contributed by atoms with E-state index >= 15 is 0 Å². The van der Waals surface area contributed by atoms with Crippen molar-refractivity contribution in [2.24, 2.45) is 10.8 Å². The Hall–Kier alpha value is 0. The fraction of sp³-hybridized carbons (Fsp3) is 0.917. The highest BCUT2D eigenvalue weighted by atomic mass is 14.3. The molecule has 0 aliphatic heterocycles. The van der Waals surface area contributed by atoms with E-state index in [0.717, 1.165) is 0 Å². The smallest absolute Gasteiger partial charge is 0.0302 e. The van der Waals surface area contributed by atoms with Crippen LogP contribution in [0.3, 0.4) is 0 Å². The Morgan fingerprint density at radius 1 is 0.917 bits per heavy atom. The Morgan fingerprint density at radius 2 is 1.33 bits per heavy atom. The highest BCUT2D eigenvalue weighted by Crippen LogP contribution is 2.35. The van der Waals surface area contributed by atoms with Gasteiger partial charge in [0, 0.05) is 0 Å². The molecule has 12 heavy (non-hydrogen) atoms. The van der Waals surface area contributed by atoms with Gasteiger partial charge in [-0.1, -0.05) is 47.5 Å². The van der Waals surface area contributed by atoms with Crippen LogP contribution in [0.4, 0.5) is 0 Å². The molecule has 1 radical (unpaired) electrons. The van der Waals surface area contributed by atoms with Gasteiger partial charge in [0.2, 0.25) is 0 Å². The third-order valence-corrected chi connectivity index (χ3v) is 2.91. The molecule has 0 unspecified atom stereocenters. The van der Waals surface area contributed by atoms with Crippen LogP contribution in [-0.2, 0) is 0 Å². The van der Waals surface area contributed by atoms with E-state index in [1.165, 1.54) is 25.7 Å². The van der Waals surface area contributed by atoms with E-state index in [1.54, 1.807) is 0 Å². The first-order valence-electron chi connectivity index (χ1n) is 5.18. The van der Waals surface area contributed by atoms with Gasteiger partial charge in [-0.2, -0.15) is 0 Å². The van der Waals surface area contributed by atoms with Gasteiger partial charge in [0.15, 0.2) is 0 Å². The average molecular weight is 169 g/mol. The van der Waals surface area contributed by atoms with E-state index in [2.05, 4.69) is 41.5 Å². The zero-order chi connectivity index (χ0) is 9.83. The van der Waals surface area contributed by atoms with Crippen molar-refractivity contribution in [1.82, 2.24) is 0 Å². The van der Waals surface area contributed by atoms with E-state index in [0.29, 0.717) is 10.8 Å². The highest BCUT2D eigenvalue weighted by molar-refractivity contribution is 4.80. The summed E-state index contributed by atoms with van der Waals surface area (Å²) in [6.07, 6.45) is 4.97. The third-order valence-electron chi connectivity index (χ3n) is 2.91. The van der Waals surface area contributed by atoms with E-state index in [4.69, 9.17) is 0 Å². The van der Waals surface area contributed by atoms with Crippen molar-refractivity contribution in [3.63, 3.8) is 0 Å². The quantitative estimate of drug-likeness (QED) is 0.583. The van der Waals surface area contributed by atoms with Crippen molar-refractivity contribution < 1.29 is 0 Å². The van der Waals surface area contributed by atoms with Crippen LogP contribution in [-0.4, -0.2) is 0 Å². The summed E-state index contributed by atoms with van der Waals surface area (Å²) in [5.74, 6) is 0. The summed E-state index contributed by atoms with van der Waals surface area (Å²) in [5.41, 5.74) is 0.806. The average Bonchev–Trinajstić information content (AvgIpc) is 1.99. The lowest BCUT2D eigenvalue weighted by Crippen LogP contribution is -2.18. The molecule has 0 heteroatoms. The van der Waals surface area contributed by atoms with Gasteiger partial charge in [-0.15, -0.1) is 0 Å². The van der Waals surface area contributed by atoms with Crippen LogP contribution in [0.1, 0.15) is 60.3 Å². The van der Waals surface area contributed by atoms with Crippen molar-refractivity contribution in [1.29, 1.82) is 0 Å². The topological polar surface area (TPSA) is 0 Å². The van der Waals surface area contributed by atoms with E-state index < -0.39 is 0 Å². The number of hydrogen-bond acceptors (Lipinski definition) is 0. The zero-order valence-corrected chi connectivity index (χ0v) is 9.54. The minimum Gasteiger partial charge on any atom is -0.0649 e. The van der Waals surface area contributed by atoms with Crippen molar-refractivity contribution in [2.75, 3.05) is 0 Å². The van der Waals surface area contributed by atoms with E-state index in [1.807, 2.05) is 0 Å². The molecule has 0 spiro atoms. The van der Waals surface area contributed by atoms with Gasteiger partial charge < -0.3 is 0 Å². The van der Waals surface area contributed by atoms with E-state index in [-0.39, 0.29) is 0 Å². The fourth-order valence-electron chi connectivity index (χ4n) is 1.24. The molecule has 73 valence electrons. The molecule has 0 heterocycles. The molecule has 0 N–H and O–H groups in total. The normalized spacial score (nSPS) is 13.5. The van der Waals surface area contributed by atoms with Gasteiger partial charge in [-0.3, -0.25) is 0 Å². The van der Waals surface area contributed by atoms with Gasteiger partial charge >= 0.3 is 0 Å². The highest BCUT2D eigenvalue weighted by Gasteiger charge is 2.22. The van der Waals surface area contributed by atoms with E-state index in [9.17, 15) is 0 Å². The molecule has 0 aromatic heterocycles. The third kappa shape index (κ3) is 4.79. The first-order valence-corrected chi connectivity index (χ1v) is 5.18. The monoisotopic (exact) mass is 169 g/mol. The summed E-state index contributed by atoms with van der Waals surface area (Å²) in [4.78, 5) is 0. The Morgan fingerprint density at radius 3 is 1.58 bits per heavy atom. The molecule has 0 amide bonds. The Labute approximate surface area is 78.8 Å². The largest absolute Gasteiger partial charge is 0.0649 e. The van der Waals surface area contributed by atoms with Gasteiger partial charge in [0.05, 0.1) is 0 Å². The van der Waals surface area contributed by atoms with Crippen molar-refractivity contribution in [3.05, 3.63) is 6.92 Å². The maximum Gasteiger partial charge on any atom is -0.0302 e. The van der Waals surface area contributed by atoms with Crippen LogP contribution in [0, 0.1) is 17.8 Å². The van der Waals surface area contributed by atoms with Crippen LogP contribution in [0.15, 0.2) is 0 Å². The number of rotatable bonds is 4. The van der Waals surface area contributed by atoms with Crippen LogP contribution < -0.4 is 0 Å². The summed E-state index contributed by atoms with van der Waals surface area (Å²) in [6.45, 7) is 15.7. The molecule has 0 rings (SSSR count). The molecule has 0 aliphatic rings. The molecule has 0 fully saturated rings. The molecule has 0 bridgehead atoms. The van der Waals surface area contributed by atoms with Gasteiger partial charge in [-0.25, -0.2) is 0 Å². The van der Waals surface area contributed by atoms with Crippen molar-refractivity contribution in [2.45, 2.75) is 60.3 Å². The van der Waals surface area contributed by atoms with Gasteiger partial charge in [0.25, 0.3) is 0 Å². The summed E-state index contributed by atoms with van der Waals surface area (Å²) >= 11 is 0. The molecule has 0 saturated carbocycles. The predicted molar refractivity (Wildman–Crippen MR) is 57.1 cm³/mol. The lowest BCUT2D eigenvalue weighted by atomic mass is 9.76. The minimum absolute atomic E-state index is 0.341. The predicted octanol–water partition coefficient (Wildman–Crippen LogP) is 4.45.